The van der Waals surface area contributed by atoms with E-state index in [-0.39, 0.29) is 24.5 Å². The van der Waals surface area contributed by atoms with Crippen LogP contribution >= 0.6 is 12.4 Å². The molecule has 1 aliphatic rings. The van der Waals surface area contributed by atoms with E-state index in [2.05, 4.69) is 5.32 Å². The van der Waals surface area contributed by atoms with Gasteiger partial charge in [0.1, 0.15) is 6.61 Å². The molecule has 1 aromatic rings. The maximum Gasteiger partial charge on any atom is 0.407 e. The fourth-order valence-electron chi connectivity index (χ4n) is 1.43. The van der Waals surface area contributed by atoms with Gasteiger partial charge in [0, 0.05) is 0 Å². The number of halogens is 1. The maximum atomic E-state index is 10.7. The van der Waals surface area contributed by atoms with E-state index in [1.54, 1.807) is 0 Å². The van der Waals surface area contributed by atoms with E-state index < -0.39 is 0 Å². The molecule has 0 bridgehead atoms. The molecule has 1 amide bonds. The van der Waals surface area contributed by atoms with Crippen molar-refractivity contribution in [2.75, 3.05) is 6.61 Å². The zero-order valence-electron chi connectivity index (χ0n) is 7.60. The highest BCUT2D eigenvalue weighted by Gasteiger charge is 2.21. The van der Waals surface area contributed by atoms with Gasteiger partial charge in [0.25, 0.3) is 0 Å². The Balaban J connectivity index is 0.000000980. The quantitative estimate of drug-likeness (QED) is 0.813. The summed E-state index contributed by atoms with van der Waals surface area (Å²) in [7, 11) is 0. The molecular formula is C10H12ClNO2. The first-order chi connectivity index (χ1) is 6.34. The van der Waals surface area contributed by atoms with E-state index in [0.29, 0.717) is 6.61 Å². The highest BCUT2D eigenvalue weighted by atomic mass is 35.5. The normalized spacial score (nSPS) is 19.4. The minimum absolute atomic E-state index is 0. The lowest BCUT2D eigenvalue weighted by atomic mass is 10.1. The Morgan fingerprint density at radius 1 is 1.36 bits per heavy atom. The van der Waals surface area contributed by atoms with Crippen LogP contribution in [0.25, 0.3) is 0 Å². The molecule has 0 aliphatic carbocycles. The van der Waals surface area contributed by atoms with E-state index in [1.807, 2.05) is 30.3 Å². The van der Waals surface area contributed by atoms with Gasteiger partial charge in [-0.2, -0.15) is 0 Å². The Bertz CT molecular complexity index is 302. The highest BCUT2D eigenvalue weighted by Crippen LogP contribution is 2.06. The van der Waals surface area contributed by atoms with Crippen LogP contribution in [0, 0.1) is 0 Å². The second-order valence-corrected chi connectivity index (χ2v) is 3.13. The molecular weight excluding hydrogens is 202 g/mol. The number of amides is 1. The molecule has 14 heavy (non-hydrogen) atoms. The fraction of sp³-hybridized carbons (Fsp3) is 0.300. The van der Waals surface area contributed by atoms with Crippen molar-refractivity contribution in [3.05, 3.63) is 35.9 Å². The van der Waals surface area contributed by atoms with Gasteiger partial charge < -0.3 is 10.1 Å². The molecule has 1 heterocycles. The molecule has 4 heteroatoms. The first-order valence-electron chi connectivity index (χ1n) is 4.32. The summed E-state index contributed by atoms with van der Waals surface area (Å²) >= 11 is 0. The number of hydrogen-bond acceptors (Lipinski definition) is 2. The highest BCUT2D eigenvalue weighted by molar-refractivity contribution is 5.85. The molecule has 2 rings (SSSR count). The second-order valence-electron chi connectivity index (χ2n) is 3.13. The third-order valence-corrected chi connectivity index (χ3v) is 2.06. The van der Waals surface area contributed by atoms with Crippen LogP contribution in [-0.4, -0.2) is 18.7 Å². The van der Waals surface area contributed by atoms with Crippen molar-refractivity contribution in [3.8, 4) is 0 Å². The largest absolute Gasteiger partial charge is 0.447 e. The molecule has 1 aliphatic heterocycles. The van der Waals surface area contributed by atoms with E-state index in [9.17, 15) is 4.79 Å². The molecule has 0 radical (unpaired) electrons. The molecule has 0 unspecified atom stereocenters. The fourth-order valence-corrected chi connectivity index (χ4v) is 1.43. The zero-order valence-corrected chi connectivity index (χ0v) is 8.42. The Morgan fingerprint density at radius 3 is 2.64 bits per heavy atom. The summed E-state index contributed by atoms with van der Waals surface area (Å²) in [5.41, 5.74) is 1.22. The number of benzene rings is 1. The van der Waals surface area contributed by atoms with Gasteiger partial charge in [-0.3, -0.25) is 0 Å². The lowest BCUT2D eigenvalue weighted by molar-refractivity contribution is 0.177. The number of ether oxygens (including phenoxy) is 1. The maximum absolute atomic E-state index is 10.7. The molecule has 0 saturated carbocycles. The van der Waals surface area contributed by atoms with Crippen LogP contribution in [0.3, 0.4) is 0 Å². The average molecular weight is 214 g/mol. The molecule has 76 valence electrons. The third-order valence-electron chi connectivity index (χ3n) is 2.06. The molecule has 1 N–H and O–H groups in total. The van der Waals surface area contributed by atoms with Gasteiger partial charge in [-0.25, -0.2) is 4.79 Å². The topological polar surface area (TPSA) is 38.3 Å². The smallest absolute Gasteiger partial charge is 0.407 e. The number of hydrogen-bond donors (Lipinski definition) is 1. The van der Waals surface area contributed by atoms with Crippen molar-refractivity contribution in [1.82, 2.24) is 5.32 Å². The first kappa shape index (κ1) is 10.9. The minimum Gasteiger partial charge on any atom is -0.447 e. The van der Waals surface area contributed by atoms with Crippen molar-refractivity contribution in [1.29, 1.82) is 0 Å². The zero-order chi connectivity index (χ0) is 9.10. The number of cyclic esters (lactones) is 1. The predicted octanol–water partition coefficient (Wildman–Crippen LogP) is 1.76. The number of rotatable bonds is 2. The van der Waals surface area contributed by atoms with Crippen molar-refractivity contribution in [3.63, 3.8) is 0 Å². The Morgan fingerprint density at radius 2 is 2.07 bits per heavy atom. The van der Waals surface area contributed by atoms with Crippen LogP contribution in [0.15, 0.2) is 30.3 Å². The Kier molecular flexibility index (Phi) is 3.77. The van der Waals surface area contributed by atoms with Crippen LogP contribution in [0.1, 0.15) is 5.56 Å². The standard InChI is InChI=1S/C10H11NO2.ClH/c12-10-11-9(7-13-10)6-8-4-2-1-3-5-8;/h1-5,9H,6-7H2,(H,11,12);1H/t9-;/m1./s1. The van der Waals surface area contributed by atoms with Crippen molar-refractivity contribution in [2.24, 2.45) is 0 Å². The molecule has 3 nitrogen and oxygen atoms in total. The predicted molar refractivity (Wildman–Crippen MR) is 55.7 cm³/mol. The molecule has 0 aromatic heterocycles. The summed E-state index contributed by atoms with van der Waals surface area (Å²) in [4.78, 5) is 10.7. The Labute approximate surface area is 88.9 Å². The summed E-state index contributed by atoms with van der Waals surface area (Å²) in [5.74, 6) is 0. The van der Waals surface area contributed by atoms with Crippen LogP contribution in [0.2, 0.25) is 0 Å². The van der Waals surface area contributed by atoms with Gasteiger partial charge >= 0.3 is 6.09 Å². The van der Waals surface area contributed by atoms with Gasteiger partial charge in [0.2, 0.25) is 0 Å². The van der Waals surface area contributed by atoms with Crippen molar-refractivity contribution < 1.29 is 9.53 Å². The molecule has 1 atom stereocenters. The van der Waals surface area contributed by atoms with Crippen LogP contribution in [0.4, 0.5) is 4.79 Å². The number of alkyl carbamates (subject to hydrolysis) is 1. The van der Waals surface area contributed by atoms with E-state index in [4.69, 9.17) is 4.74 Å². The molecule has 1 fully saturated rings. The van der Waals surface area contributed by atoms with Gasteiger partial charge in [-0.15, -0.1) is 12.4 Å². The van der Waals surface area contributed by atoms with E-state index in [0.717, 1.165) is 6.42 Å². The van der Waals surface area contributed by atoms with Gasteiger partial charge in [0.05, 0.1) is 6.04 Å². The van der Waals surface area contributed by atoms with Crippen LogP contribution < -0.4 is 5.32 Å². The number of nitrogens with one attached hydrogen (secondary N) is 1. The Hall–Kier alpha value is -1.22. The first-order valence-corrected chi connectivity index (χ1v) is 4.32. The van der Waals surface area contributed by atoms with Crippen molar-refractivity contribution in [2.45, 2.75) is 12.5 Å². The molecule has 1 aromatic carbocycles. The van der Waals surface area contributed by atoms with E-state index >= 15 is 0 Å². The second kappa shape index (κ2) is 4.86. The monoisotopic (exact) mass is 213 g/mol. The SMILES string of the molecule is Cl.O=C1N[C@H](Cc2ccccc2)CO1. The van der Waals surface area contributed by atoms with Gasteiger partial charge in [-0.05, 0) is 12.0 Å². The van der Waals surface area contributed by atoms with Crippen molar-refractivity contribution >= 4 is 18.5 Å². The number of carbonyl (C=O) groups excluding carboxylic acids is 1. The van der Waals surface area contributed by atoms with Crippen LogP contribution in [0.5, 0.6) is 0 Å². The number of carbonyl (C=O) groups is 1. The van der Waals surface area contributed by atoms with Gasteiger partial charge in [-0.1, -0.05) is 30.3 Å². The summed E-state index contributed by atoms with van der Waals surface area (Å²) in [6, 6.07) is 10.2. The summed E-state index contributed by atoms with van der Waals surface area (Å²) < 4.78 is 4.79. The summed E-state index contributed by atoms with van der Waals surface area (Å²) in [5, 5.41) is 2.74. The van der Waals surface area contributed by atoms with E-state index in [1.165, 1.54) is 5.56 Å². The van der Waals surface area contributed by atoms with Gasteiger partial charge in [0.15, 0.2) is 0 Å². The molecule has 1 saturated heterocycles. The lowest BCUT2D eigenvalue weighted by Crippen LogP contribution is -2.28. The molecule has 0 spiro atoms. The lowest BCUT2D eigenvalue weighted by Gasteiger charge is -2.05. The summed E-state index contributed by atoms with van der Waals surface area (Å²) in [6.07, 6.45) is 0.535. The summed E-state index contributed by atoms with van der Waals surface area (Å²) in [6.45, 7) is 0.480. The minimum atomic E-state index is -0.305. The third kappa shape index (κ3) is 2.64. The van der Waals surface area contributed by atoms with Crippen LogP contribution in [-0.2, 0) is 11.2 Å². The average Bonchev–Trinajstić information content (AvgIpc) is 2.53.